The summed E-state index contributed by atoms with van der Waals surface area (Å²) >= 11 is 1.33. The van der Waals surface area contributed by atoms with Crippen molar-refractivity contribution in [1.29, 1.82) is 0 Å². The summed E-state index contributed by atoms with van der Waals surface area (Å²) in [5.41, 5.74) is 6.72. The van der Waals surface area contributed by atoms with E-state index < -0.39 is 0 Å². The number of nitrogen functional groups attached to an aromatic ring is 1. The van der Waals surface area contributed by atoms with E-state index in [9.17, 15) is 4.79 Å². The molecular weight excluding hydrogens is 284 g/mol. The third-order valence-corrected chi connectivity index (χ3v) is 5.73. The molecule has 0 aromatic carbocycles. The smallest absolute Gasteiger partial charge is 0.273 e. The van der Waals surface area contributed by atoms with Crippen molar-refractivity contribution in [3.05, 3.63) is 11.1 Å². The van der Waals surface area contributed by atoms with Crippen molar-refractivity contribution in [1.82, 2.24) is 14.8 Å². The first-order chi connectivity index (χ1) is 9.73. The minimum atomic E-state index is 0.0336. The molecule has 1 saturated heterocycles. The summed E-state index contributed by atoms with van der Waals surface area (Å²) in [5, 5.41) is 2.23. The fourth-order valence-electron chi connectivity index (χ4n) is 4.67. The van der Waals surface area contributed by atoms with Crippen LogP contribution < -0.4 is 5.73 Å². The topological polar surface area (TPSA) is 62.5 Å². The van der Waals surface area contributed by atoms with E-state index in [-0.39, 0.29) is 11.3 Å². The zero-order chi connectivity index (χ0) is 15.4. The van der Waals surface area contributed by atoms with Crippen LogP contribution in [0.3, 0.4) is 0 Å². The zero-order valence-corrected chi connectivity index (χ0v) is 14.0. The monoisotopic (exact) mass is 308 g/mol. The number of carbonyl (C=O) groups is 1. The Balaban J connectivity index is 1.80. The molecule has 2 atom stereocenters. The molecule has 1 aliphatic carbocycles. The molecule has 0 radical (unpaired) electrons. The van der Waals surface area contributed by atoms with E-state index in [1.54, 1.807) is 5.38 Å². The second-order valence-electron chi connectivity index (χ2n) is 7.57. The van der Waals surface area contributed by atoms with E-state index in [1.807, 2.05) is 4.90 Å². The average molecular weight is 308 g/mol. The number of thiazole rings is 1. The Morgan fingerprint density at radius 1 is 1.57 bits per heavy atom. The number of aromatic nitrogens is 1. The molecule has 1 aromatic heterocycles. The van der Waals surface area contributed by atoms with Crippen molar-refractivity contribution in [2.24, 2.45) is 16.7 Å². The highest BCUT2D eigenvalue weighted by molar-refractivity contribution is 7.13. The molecule has 1 aromatic rings. The highest BCUT2D eigenvalue weighted by Gasteiger charge is 2.63. The molecule has 2 fully saturated rings. The molecule has 5 nitrogen and oxygen atoms in total. The molecule has 1 amide bonds. The van der Waals surface area contributed by atoms with Gasteiger partial charge in [-0.1, -0.05) is 13.8 Å². The lowest BCUT2D eigenvalue weighted by Gasteiger charge is -2.57. The number of anilines is 1. The van der Waals surface area contributed by atoms with Gasteiger partial charge in [0.25, 0.3) is 5.91 Å². The van der Waals surface area contributed by atoms with E-state index in [2.05, 4.69) is 37.8 Å². The number of likely N-dealkylation sites (tertiary alicyclic amines) is 1. The minimum Gasteiger partial charge on any atom is -0.375 e. The van der Waals surface area contributed by atoms with E-state index >= 15 is 0 Å². The van der Waals surface area contributed by atoms with Gasteiger partial charge in [0.05, 0.1) is 0 Å². The molecule has 0 unspecified atom stereocenters. The van der Waals surface area contributed by atoms with Gasteiger partial charge in [0.1, 0.15) is 5.69 Å². The van der Waals surface area contributed by atoms with Gasteiger partial charge in [0, 0.05) is 30.4 Å². The van der Waals surface area contributed by atoms with Crippen LogP contribution in [-0.4, -0.2) is 54.4 Å². The summed E-state index contributed by atoms with van der Waals surface area (Å²) < 4.78 is 0. The predicted molar refractivity (Wildman–Crippen MR) is 85.3 cm³/mol. The highest BCUT2D eigenvalue weighted by Crippen LogP contribution is 2.62. The molecule has 116 valence electrons. The largest absolute Gasteiger partial charge is 0.375 e. The summed E-state index contributed by atoms with van der Waals surface area (Å²) in [5.74, 6) is 0.610. The Morgan fingerprint density at radius 2 is 2.29 bits per heavy atom. The van der Waals surface area contributed by atoms with Crippen LogP contribution in [0.5, 0.6) is 0 Å². The molecule has 0 spiro atoms. The molecular formula is C15H24N4OS. The molecule has 6 heteroatoms. The van der Waals surface area contributed by atoms with Crippen molar-refractivity contribution in [2.45, 2.75) is 20.3 Å². The van der Waals surface area contributed by atoms with Crippen LogP contribution in [-0.2, 0) is 0 Å². The molecule has 0 bridgehead atoms. The predicted octanol–water partition coefficient (Wildman–Crippen LogP) is 1.78. The van der Waals surface area contributed by atoms with Gasteiger partial charge in [0.15, 0.2) is 5.13 Å². The first-order valence-electron chi connectivity index (χ1n) is 7.39. The molecule has 2 N–H and O–H groups in total. The van der Waals surface area contributed by atoms with Crippen LogP contribution in [0.25, 0.3) is 0 Å². The summed E-state index contributed by atoms with van der Waals surface area (Å²) in [4.78, 5) is 21.0. The van der Waals surface area contributed by atoms with Crippen LogP contribution >= 0.6 is 11.3 Å². The zero-order valence-electron chi connectivity index (χ0n) is 13.2. The number of nitrogens with two attached hydrogens (primary N) is 1. The second kappa shape index (κ2) is 4.68. The quantitative estimate of drug-likeness (QED) is 0.924. The van der Waals surface area contributed by atoms with Crippen molar-refractivity contribution in [3.63, 3.8) is 0 Å². The molecule has 21 heavy (non-hydrogen) atoms. The number of hydrogen-bond acceptors (Lipinski definition) is 5. The fraction of sp³-hybridized carbons (Fsp3) is 0.733. The SMILES string of the molecule is CN(C)C[C@@]12CN(C(=O)c3csc(N)n3)C[C@@H]1C(C)(C)C2. The van der Waals surface area contributed by atoms with E-state index in [0.717, 1.165) is 19.6 Å². The van der Waals surface area contributed by atoms with Crippen LogP contribution in [0, 0.1) is 16.7 Å². The van der Waals surface area contributed by atoms with Gasteiger partial charge in [-0.3, -0.25) is 4.79 Å². The van der Waals surface area contributed by atoms with Gasteiger partial charge in [0.2, 0.25) is 0 Å². The fourth-order valence-corrected chi connectivity index (χ4v) is 5.21. The molecule has 1 aliphatic heterocycles. The summed E-state index contributed by atoms with van der Waals surface area (Å²) in [6.07, 6.45) is 1.19. The Hall–Kier alpha value is -1.14. The number of nitrogens with zero attached hydrogens (tertiary/aromatic N) is 3. The lowest BCUT2D eigenvalue weighted by Crippen LogP contribution is -2.57. The Labute approximate surface area is 130 Å². The van der Waals surface area contributed by atoms with Gasteiger partial charge >= 0.3 is 0 Å². The maximum atomic E-state index is 12.6. The van der Waals surface area contributed by atoms with E-state index in [0.29, 0.717) is 22.2 Å². The summed E-state index contributed by atoms with van der Waals surface area (Å²) in [6.45, 7) is 7.37. The summed E-state index contributed by atoms with van der Waals surface area (Å²) in [6, 6.07) is 0. The maximum Gasteiger partial charge on any atom is 0.273 e. The Kier molecular flexibility index (Phi) is 3.29. The number of hydrogen-bond donors (Lipinski definition) is 1. The van der Waals surface area contributed by atoms with Gasteiger partial charge in [-0.05, 0) is 31.8 Å². The number of fused-ring (bicyclic) bond motifs is 1. The average Bonchev–Trinajstić information content (AvgIpc) is 2.90. The van der Waals surface area contributed by atoms with Crippen molar-refractivity contribution in [3.8, 4) is 0 Å². The standard InChI is InChI=1S/C15H24N4OS/c1-14(2)7-15(8-18(3)4)9-19(5-11(14)15)12(20)10-6-21-13(16)17-10/h6,11H,5,7-9H2,1-4H3,(H2,16,17)/t11-,15+/m1/s1. The first-order valence-corrected chi connectivity index (χ1v) is 8.26. The Morgan fingerprint density at radius 3 is 2.81 bits per heavy atom. The van der Waals surface area contributed by atoms with Crippen molar-refractivity contribution >= 4 is 22.4 Å². The van der Waals surface area contributed by atoms with Gasteiger partial charge < -0.3 is 15.5 Å². The van der Waals surface area contributed by atoms with Crippen molar-refractivity contribution in [2.75, 3.05) is 39.5 Å². The minimum absolute atomic E-state index is 0.0336. The molecule has 3 rings (SSSR count). The maximum absolute atomic E-state index is 12.6. The number of amides is 1. The van der Waals surface area contributed by atoms with Gasteiger partial charge in [-0.25, -0.2) is 4.98 Å². The third-order valence-electron chi connectivity index (χ3n) is 5.06. The third kappa shape index (κ3) is 2.34. The first kappa shape index (κ1) is 14.8. The lowest BCUT2D eigenvalue weighted by atomic mass is 9.48. The lowest BCUT2D eigenvalue weighted by molar-refractivity contribution is -0.0789. The molecule has 1 saturated carbocycles. The Bertz CT molecular complexity index is 564. The van der Waals surface area contributed by atoms with E-state index in [4.69, 9.17) is 5.73 Å². The normalized spacial score (nSPS) is 30.3. The van der Waals surface area contributed by atoms with Crippen LogP contribution in [0.15, 0.2) is 5.38 Å². The molecule has 2 heterocycles. The van der Waals surface area contributed by atoms with Crippen LogP contribution in [0.2, 0.25) is 0 Å². The summed E-state index contributed by atoms with van der Waals surface area (Å²) in [7, 11) is 4.23. The number of rotatable bonds is 3. The van der Waals surface area contributed by atoms with Gasteiger partial charge in [-0.2, -0.15) is 0 Å². The van der Waals surface area contributed by atoms with Crippen LogP contribution in [0.4, 0.5) is 5.13 Å². The van der Waals surface area contributed by atoms with Crippen LogP contribution in [0.1, 0.15) is 30.8 Å². The number of carbonyl (C=O) groups excluding carboxylic acids is 1. The van der Waals surface area contributed by atoms with Gasteiger partial charge in [-0.15, -0.1) is 11.3 Å². The van der Waals surface area contributed by atoms with E-state index in [1.165, 1.54) is 17.8 Å². The van der Waals surface area contributed by atoms with Crippen molar-refractivity contribution < 1.29 is 4.79 Å². The molecule has 2 aliphatic rings. The highest BCUT2D eigenvalue weighted by atomic mass is 32.1. The second-order valence-corrected chi connectivity index (χ2v) is 8.46.